The predicted molar refractivity (Wildman–Crippen MR) is 74.8 cm³/mol. The molecule has 0 bridgehead atoms. The number of alkyl halides is 2. The monoisotopic (exact) mass is 455 g/mol. The smallest absolute Gasteiger partial charge is 0.138 e. The van der Waals surface area contributed by atoms with Crippen LogP contribution >= 0.6 is 56.8 Å². The molecule has 0 N–H and O–H groups in total. The highest BCUT2D eigenvalue weighted by atomic mass is 127. The molecule has 0 saturated carbocycles. The first-order valence-corrected chi connectivity index (χ1v) is 7.24. The standard InChI is InChI=1S/C8H7ClI2O2S/c9-7-3-1-2-6(4-7)5-8(10,11)14(12)13/h1-4H,5H2,(H,12,13)/p-1. The van der Waals surface area contributed by atoms with Gasteiger partial charge in [-0.15, -0.1) is 0 Å². The first-order valence-electron chi connectivity index (χ1n) is 3.63. The summed E-state index contributed by atoms with van der Waals surface area (Å²) in [5.74, 6) is 0. The van der Waals surface area contributed by atoms with Gasteiger partial charge in [-0.05, 0) is 28.8 Å². The van der Waals surface area contributed by atoms with Gasteiger partial charge in [0.2, 0.25) is 0 Å². The third-order valence-electron chi connectivity index (χ3n) is 1.54. The fraction of sp³-hybridized carbons (Fsp3) is 0.250. The summed E-state index contributed by atoms with van der Waals surface area (Å²) in [6.07, 6.45) is 0.449. The van der Waals surface area contributed by atoms with Gasteiger partial charge in [0.15, 0.2) is 0 Å². The minimum absolute atomic E-state index is 0.449. The van der Waals surface area contributed by atoms with Gasteiger partial charge in [0.25, 0.3) is 0 Å². The van der Waals surface area contributed by atoms with Crippen molar-refractivity contribution in [3.8, 4) is 0 Å². The van der Waals surface area contributed by atoms with Gasteiger partial charge in [-0.1, -0.05) is 68.9 Å². The van der Waals surface area contributed by atoms with Crippen molar-refractivity contribution in [2.45, 2.75) is 7.18 Å². The van der Waals surface area contributed by atoms with Crippen LogP contribution in [-0.4, -0.2) is 9.52 Å². The number of halogens is 3. The second-order valence-corrected chi connectivity index (χ2v) is 11.5. The summed E-state index contributed by atoms with van der Waals surface area (Å²) >= 11 is 7.52. The molecule has 0 aromatic heterocycles. The minimum Gasteiger partial charge on any atom is -0.771 e. The Balaban J connectivity index is 2.83. The van der Waals surface area contributed by atoms with E-state index in [9.17, 15) is 8.76 Å². The molecule has 0 aliphatic carbocycles. The van der Waals surface area contributed by atoms with Gasteiger partial charge in [0.05, 0.1) is 0 Å². The number of hydrogen-bond acceptors (Lipinski definition) is 2. The summed E-state index contributed by atoms with van der Waals surface area (Å²) in [7, 11) is 0. The lowest BCUT2D eigenvalue weighted by molar-refractivity contribution is 0.533. The molecule has 0 spiro atoms. The molecule has 2 nitrogen and oxygen atoms in total. The molecule has 0 saturated heterocycles. The van der Waals surface area contributed by atoms with Crippen LogP contribution in [0.3, 0.4) is 0 Å². The molecule has 0 radical (unpaired) electrons. The summed E-state index contributed by atoms with van der Waals surface area (Å²) in [5, 5.41) is 0.628. The second-order valence-electron chi connectivity index (χ2n) is 2.68. The van der Waals surface area contributed by atoms with Gasteiger partial charge >= 0.3 is 0 Å². The van der Waals surface area contributed by atoms with E-state index in [4.69, 9.17) is 11.6 Å². The summed E-state index contributed by atoms with van der Waals surface area (Å²) in [6.45, 7) is 0. The Hall–Kier alpha value is 1.08. The molecule has 78 valence electrons. The second kappa shape index (κ2) is 5.42. The Morgan fingerprint density at radius 3 is 2.64 bits per heavy atom. The largest absolute Gasteiger partial charge is 0.771 e. The van der Waals surface area contributed by atoms with Gasteiger partial charge in [-0.2, -0.15) is 0 Å². The third kappa shape index (κ3) is 3.92. The van der Waals surface area contributed by atoms with E-state index in [2.05, 4.69) is 0 Å². The SMILES string of the molecule is O=S([O-])C(I)(I)Cc1cccc(Cl)c1. The zero-order valence-corrected chi connectivity index (χ0v) is 12.8. The van der Waals surface area contributed by atoms with Crippen LogP contribution in [0.2, 0.25) is 5.02 Å². The molecule has 6 heteroatoms. The highest BCUT2D eigenvalue weighted by molar-refractivity contribution is 14.2. The van der Waals surface area contributed by atoms with Crippen LogP contribution in [0.15, 0.2) is 24.3 Å². The molecule has 0 amide bonds. The topological polar surface area (TPSA) is 40.1 Å². The van der Waals surface area contributed by atoms with E-state index >= 15 is 0 Å². The Morgan fingerprint density at radius 1 is 1.50 bits per heavy atom. The molecular weight excluding hydrogens is 449 g/mol. The fourth-order valence-corrected chi connectivity index (χ4v) is 2.32. The minimum atomic E-state index is -2.10. The maximum atomic E-state index is 10.9. The molecule has 1 atom stereocenters. The van der Waals surface area contributed by atoms with Crippen LogP contribution < -0.4 is 0 Å². The summed E-state index contributed by atoms with van der Waals surface area (Å²) in [6, 6.07) is 7.22. The molecule has 14 heavy (non-hydrogen) atoms. The Morgan fingerprint density at radius 2 is 2.14 bits per heavy atom. The molecule has 1 rings (SSSR count). The van der Waals surface area contributed by atoms with Crippen LogP contribution in [0.1, 0.15) is 5.56 Å². The average molecular weight is 455 g/mol. The van der Waals surface area contributed by atoms with Gasteiger partial charge in [0.1, 0.15) is 0.760 Å². The summed E-state index contributed by atoms with van der Waals surface area (Å²) < 4.78 is 20.9. The quantitative estimate of drug-likeness (QED) is 0.399. The molecule has 1 aromatic rings. The van der Waals surface area contributed by atoms with Crippen molar-refractivity contribution >= 4 is 67.9 Å². The lowest BCUT2D eigenvalue weighted by Gasteiger charge is -2.23. The zero-order valence-electron chi connectivity index (χ0n) is 6.88. The van der Waals surface area contributed by atoms with Gasteiger partial charge in [0, 0.05) is 11.4 Å². The first kappa shape index (κ1) is 13.1. The number of hydrogen-bond donors (Lipinski definition) is 0. The van der Waals surface area contributed by atoms with E-state index in [0.717, 1.165) is 5.56 Å². The van der Waals surface area contributed by atoms with Crippen molar-refractivity contribution in [2.24, 2.45) is 0 Å². The van der Waals surface area contributed by atoms with Gasteiger partial charge in [-0.25, -0.2) is 0 Å². The van der Waals surface area contributed by atoms with E-state index in [1.165, 1.54) is 0 Å². The zero-order chi connectivity index (χ0) is 10.8. The Bertz CT molecular complexity index is 357. The maximum absolute atomic E-state index is 10.9. The van der Waals surface area contributed by atoms with Crippen molar-refractivity contribution in [1.29, 1.82) is 0 Å². The molecule has 1 aromatic carbocycles. The van der Waals surface area contributed by atoms with Crippen LogP contribution in [0.5, 0.6) is 0 Å². The Kier molecular flexibility index (Phi) is 5.09. The van der Waals surface area contributed by atoms with E-state index < -0.39 is 11.8 Å². The number of benzene rings is 1. The van der Waals surface area contributed by atoms with Crippen LogP contribution in [0.25, 0.3) is 0 Å². The highest BCUT2D eigenvalue weighted by Gasteiger charge is 2.24. The highest BCUT2D eigenvalue weighted by Crippen LogP contribution is 2.34. The van der Waals surface area contributed by atoms with Crippen molar-refractivity contribution in [3.63, 3.8) is 0 Å². The molecule has 0 fully saturated rings. The van der Waals surface area contributed by atoms with Crippen molar-refractivity contribution < 1.29 is 8.76 Å². The lowest BCUT2D eigenvalue weighted by Crippen LogP contribution is -2.21. The van der Waals surface area contributed by atoms with E-state index in [1.54, 1.807) is 12.1 Å². The van der Waals surface area contributed by atoms with Crippen molar-refractivity contribution in [1.82, 2.24) is 0 Å². The molecule has 1 unspecified atom stereocenters. The molecule has 0 aliphatic rings. The van der Waals surface area contributed by atoms with Gasteiger partial charge < -0.3 is 4.55 Å². The number of rotatable bonds is 3. The van der Waals surface area contributed by atoms with E-state index in [1.807, 2.05) is 57.3 Å². The van der Waals surface area contributed by atoms with E-state index in [0.29, 0.717) is 11.4 Å². The first-order chi connectivity index (χ1) is 6.42. The fourth-order valence-electron chi connectivity index (χ4n) is 0.943. The van der Waals surface area contributed by atoms with Crippen molar-refractivity contribution in [3.05, 3.63) is 34.9 Å². The average Bonchev–Trinajstić information content (AvgIpc) is 2.02. The summed E-state index contributed by atoms with van der Waals surface area (Å²) in [4.78, 5) is 0. The predicted octanol–water partition coefficient (Wildman–Crippen LogP) is 3.29. The van der Waals surface area contributed by atoms with Gasteiger partial charge in [-0.3, -0.25) is 4.21 Å². The van der Waals surface area contributed by atoms with Crippen LogP contribution in [-0.2, 0) is 17.5 Å². The van der Waals surface area contributed by atoms with Crippen LogP contribution in [0, 0.1) is 0 Å². The normalized spacial score (nSPS) is 14.0. The lowest BCUT2D eigenvalue weighted by atomic mass is 10.2. The van der Waals surface area contributed by atoms with Crippen molar-refractivity contribution in [2.75, 3.05) is 0 Å². The van der Waals surface area contributed by atoms with E-state index in [-0.39, 0.29) is 0 Å². The molecule has 0 aliphatic heterocycles. The molecular formula is C8H6ClI2O2S-. The third-order valence-corrected chi connectivity index (χ3v) is 5.33. The molecule has 0 heterocycles. The van der Waals surface area contributed by atoms with Crippen LogP contribution in [0.4, 0.5) is 0 Å². The maximum Gasteiger partial charge on any atom is 0.138 e. The Labute approximate surface area is 117 Å². The summed E-state index contributed by atoms with van der Waals surface area (Å²) in [5.41, 5.74) is 0.922.